The molecule has 1 aromatic heterocycles. The van der Waals surface area contributed by atoms with Gasteiger partial charge in [-0.25, -0.2) is 11.3 Å². The Bertz CT molecular complexity index is 853. The smallest absolute Gasteiger partial charge is 0.326 e. The highest BCUT2D eigenvalue weighted by molar-refractivity contribution is 5.73. The molecule has 0 saturated carbocycles. The molecule has 1 amide bonds. The fraction of sp³-hybridized carbons (Fsp3) is 0.389. The van der Waals surface area contributed by atoms with Gasteiger partial charge in [0.15, 0.2) is 0 Å². The number of alkyl halides is 3. The van der Waals surface area contributed by atoms with Crippen LogP contribution in [0.5, 0.6) is 0 Å². The Hall–Kier alpha value is -3.02. The van der Waals surface area contributed by atoms with E-state index < -0.39 is 11.7 Å². The fourth-order valence-corrected chi connectivity index (χ4v) is 3.22. The minimum absolute atomic E-state index is 0.00894. The zero-order chi connectivity index (χ0) is 19.6. The molecule has 2 aromatic rings. The van der Waals surface area contributed by atoms with Crippen LogP contribution in [0.4, 0.5) is 24.7 Å². The van der Waals surface area contributed by atoms with Crippen LogP contribution in [-0.4, -0.2) is 40.3 Å². The van der Waals surface area contributed by atoms with Crippen molar-refractivity contribution in [1.82, 2.24) is 14.7 Å². The van der Waals surface area contributed by atoms with Crippen LogP contribution in [0.15, 0.2) is 36.5 Å². The van der Waals surface area contributed by atoms with Gasteiger partial charge in [0.2, 0.25) is 5.91 Å². The average Bonchev–Trinajstić information content (AvgIpc) is 3.08. The largest absolute Gasteiger partial charge is 0.416 e. The Labute approximate surface area is 154 Å². The number of hydrogen-bond acceptors (Lipinski definition) is 3. The van der Waals surface area contributed by atoms with Crippen molar-refractivity contribution < 1.29 is 18.0 Å². The number of fused-ring (bicyclic) bond motifs is 1. The molecule has 1 aromatic carbocycles. The third kappa shape index (κ3) is 4.05. The van der Waals surface area contributed by atoms with Gasteiger partial charge in [0.1, 0.15) is 5.82 Å². The van der Waals surface area contributed by atoms with Crippen LogP contribution in [0.1, 0.15) is 12.5 Å². The Morgan fingerprint density at radius 2 is 2.00 bits per heavy atom. The maximum absolute atomic E-state index is 12.8. The molecule has 1 aliphatic rings. The molecule has 9 heteroatoms. The highest BCUT2D eigenvalue weighted by Gasteiger charge is 2.32. The van der Waals surface area contributed by atoms with Crippen molar-refractivity contribution in [2.24, 2.45) is 5.92 Å². The summed E-state index contributed by atoms with van der Waals surface area (Å²) in [5.41, 5.74) is -0.0814. The standard InChI is InChI=1S/C18H18F3N5O/c1-13(27)24(12-22-2)9-14-10-25(17-7-8-23-26(17)11-14)16-5-3-15(4-6-16)18(19,20)21/h3-8,14H,9-12H2,1H3. The minimum atomic E-state index is -4.38. The first-order valence-electron chi connectivity index (χ1n) is 8.35. The summed E-state index contributed by atoms with van der Waals surface area (Å²) in [6.07, 6.45) is -2.75. The van der Waals surface area contributed by atoms with E-state index in [1.165, 1.54) is 24.0 Å². The zero-order valence-electron chi connectivity index (χ0n) is 14.6. The van der Waals surface area contributed by atoms with Gasteiger partial charge in [0, 0.05) is 44.2 Å². The summed E-state index contributed by atoms with van der Waals surface area (Å²) >= 11 is 0. The molecule has 2 heterocycles. The molecule has 3 rings (SSSR count). The predicted molar refractivity (Wildman–Crippen MR) is 93.0 cm³/mol. The van der Waals surface area contributed by atoms with Gasteiger partial charge in [0.05, 0.1) is 11.8 Å². The first-order chi connectivity index (χ1) is 12.8. The van der Waals surface area contributed by atoms with E-state index in [1.807, 2.05) is 4.90 Å². The zero-order valence-corrected chi connectivity index (χ0v) is 14.6. The summed E-state index contributed by atoms with van der Waals surface area (Å²) in [4.78, 5) is 18.4. The van der Waals surface area contributed by atoms with Gasteiger partial charge >= 0.3 is 6.18 Å². The topological polar surface area (TPSA) is 45.7 Å². The first kappa shape index (κ1) is 18.8. The van der Waals surface area contributed by atoms with Gasteiger partial charge in [-0.2, -0.15) is 18.3 Å². The van der Waals surface area contributed by atoms with E-state index in [2.05, 4.69) is 9.94 Å². The van der Waals surface area contributed by atoms with Crippen LogP contribution in [-0.2, 0) is 17.5 Å². The van der Waals surface area contributed by atoms with Gasteiger partial charge in [-0.3, -0.25) is 14.5 Å². The second kappa shape index (κ2) is 7.31. The minimum Gasteiger partial charge on any atom is -0.326 e. The molecule has 0 N–H and O–H groups in total. The van der Waals surface area contributed by atoms with Gasteiger partial charge in [0.25, 0.3) is 6.67 Å². The molecule has 0 fully saturated rings. The first-order valence-corrected chi connectivity index (χ1v) is 8.35. The Morgan fingerprint density at radius 3 is 2.59 bits per heavy atom. The summed E-state index contributed by atoms with van der Waals surface area (Å²) in [5, 5.41) is 4.27. The van der Waals surface area contributed by atoms with Crippen molar-refractivity contribution in [3.8, 4) is 0 Å². The van der Waals surface area contributed by atoms with Crippen molar-refractivity contribution in [1.29, 1.82) is 0 Å². The van der Waals surface area contributed by atoms with E-state index in [1.54, 1.807) is 16.9 Å². The van der Waals surface area contributed by atoms with Crippen LogP contribution >= 0.6 is 0 Å². The Balaban J connectivity index is 1.85. The summed E-state index contributed by atoms with van der Waals surface area (Å²) in [6.45, 7) is 9.86. The summed E-state index contributed by atoms with van der Waals surface area (Å²) in [5.74, 6) is 0.592. The van der Waals surface area contributed by atoms with Gasteiger partial charge in [-0.05, 0) is 24.3 Å². The number of hydrogen-bond donors (Lipinski definition) is 0. The molecular weight excluding hydrogens is 359 g/mol. The van der Waals surface area contributed by atoms with Crippen LogP contribution in [0.25, 0.3) is 4.85 Å². The monoisotopic (exact) mass is 377 g/mol. The number of amides is 1. The maximum Gasteiger partial charge on any atom is 0.416 e. The lowest BCUT2D eigenvalue weighted by Crippen LogP contribution is -2.43. The molecule has 0 radical (unpaired) electrons. The van der Waals surface area contributed by atoms with Gasteiger partial charge < -0.3 is 4.90 Å². The SMILES string of the molecule is [C-]#[N+]CN(CC1CN(c2ccc(C(F)(F)F)cc2)c2ccnn2C1)C(C)=O. The maximum atomic E-state index is 12.8. The van der Waals surface area contributed by atoms with E-state index in [0.29, 0.717) is 25.3 Å². The van der Waals surface area contributed by atoms with Gasteiger partial charge in [-0.1, -0.05) is 0 Å². The van der Waals surface area contributed by atoms with E-state index >= 15 is 0 Å². The van der Waals surface area contributed by atoms with Crippen LogP contribution in [0, 0.1) is 12.5 Å². The molecule has 0 saturated heterocycles. The van der Waals surface area contributed by atoms with Crippen molar-refractivity contribution >= 4 is 17.4 Å². The second-order valence-corrected chi connectivity index (χ2v) is 6.43. The molecule has 142 valence electrons. The number of benzene rings is 1. The number of rotatable bonds is 4. The lowest BCUT2D eigenvalue weighted by molar-refractivity contribution is -0.137. The molecule has 0 aliphatic carbocycles. The third-order valence-electron chi connectivity index (χ3n) is 4.51. The van der Waals surface area contributed by atoms with Crippen LogP contribution in [0.3, 0.4) is 0 Å². The Kier molecular flexibility index (Phi) is 5.08. The summed E-state index contributed by atoms with van der Waals surface area (Å²) in [7, 11) is 0. The van der Waals surface area contributed by atoms with Crippen LogP contribution in [0.2, 0.25) is 0 Å². The number of anilines is 2. The third-order valence-corrected chi connectivity index (χ3v) is 4.51. The molecular formula is C18H18F3N5O. The molecule has 0 spiro atoms. The van der Waals surface area contributed by atoms with E-state index in [-0.39, 0.29) is 18.5 Å². The molecule has 1 aliphatic heterocycles. The fourth-order valence-electron chi connectivity index (χ4n) is 3.22. The highest BCUT2D eigenvalue weighted by atomic mass is 19.4. The normalized spacial score (nSPS) is 16.6. The molecule has 1 atom stereocenters. The lowest BCUT2D eigenvalue weighted by atomic mass is 10.1. The number of halogens is 3. The van der Waals surface area contributed by atoms with Crippen molar-refractivity contribution in [2.45, 2.75) is 19.6 Å². The van der Waals surface area contributed by atoms with Crippen molar-refractivity contribution in [3.05, 3.63) is 53.5 Å². The average molecular weight is 377 g/mol. The quantitative estimate of drug-likeness (QED) is 0.768. The summed E-state index contributed by atoms with van der Waals surface area (Å²) < 4.78 is 40.2. The highest BCUT2D eigenvalue weighted by Crippen LogP contribution is 2.34. The van der Waals surface area contributed by atoms with E-state index in [9.17, 15) is 18.0 Å². The van der Waals surface area contributed by atoms with Gasteiger partial charge in [-0.15, -0.1) is 0 Å². The molecule has 27 heavy (non-hydrogen) atoms. The Morgan fingerprint density at radius 1 is 1.30 bits per heavy atom. The second-order valence-electron chi connectivity index (χ2n) is 6.43. The van der Waals surface area contributed by atoms with E-state index in [0.717, 1.165) is 18.0 Å². The number of carbonyl (C=O) groups is 1. The summed E-state index contributed by atoms with van der Waals surface area (Å²) in [6, 6.07) is 6.78. The predicted octanol–water partition coefficient (Wildman–Crippen LogP) is 3.40. The number of carbonyl (C=O) groups excluding carboxylic acids is 1. The number of nitrogens with zero attached hydrogens (tertiary/aromatic N) is 5. The van der Waals surface area contributed by atoms with Crippen molar-refractivity contribution in [2.75, 3.05) is 24.7 Å². The van der Waals surface area contributed by atoms with Crippen molar-refractivity contribution in [3.63, 3.8) is 0 Å². The molecule has 0 bridgehead atoms. The molecule has 1 unspecified atom stereocenters. The number of aromatic nitrogens is 2. The lowest BCUT2D eigenvalue weighted by Gasteiger charge is -2.36. The van der Waals surface area contributed by atoms with Crippen LogP contribution < -0.4 is 4.90 Å². The molecule has 6 nitrogen and oxygen atoms in total. The van der Waals surface area contributed by atoms with E-state index in [4.69, 9.17) is 6.57 Å².